The van der Waals surface area contributed by atoms with E-state index in [1.54, 1.807) is 0 Å². The van der Waals surface area contributed by atoms with Crippen LogP contribution >= 0.6 is 7.37 Å². The largest absolute Gasteiger partial charge is 0.480 e. The minimum atomic E-state index is -4.05. The number of hydrogen-bond donors (Lipinski definition) is 5. The van der Waals surface area contributed by atoms with Gasteiger partial charge in [-0.2, -0.15) is 0 Å². The fraction of sp³-hybridized carbons (Fsp3) is 0.286. The first-order valence-corrected chi connectivity index (χ1v) is 8.54. The predicted octanol–water partition coefficient (Wildman–Crippen LogP) is 0.848. The normalized spacial score (nSPS) is 16.7. The van der Waals surface area contributed by atoms with Gasteiger partial charge in [0.15, 0.2) is 5.85 Å². The van der Waals surface area contributed by atoms with Crippen molar-refractivity contribution in [2.45, 2.75) is 18.3 Å². The molecule has 23 heavy (non-hydrogen) atoms. The van der Waals surface area contributed by atoms with Crippen LogP contribution in [0.15, 0.2) is 30.3 Å². The average Bonchev–Trinajstić information content (AvgIpc) is 2.50. The molecule has 0 saturated carbocycles. The van der Waals surface area contributed by atoms with E-state index in [-0.39, 0.29) is 12.0 Å². The van der Waals surface area contributed by atoms with E-state index in [9.17, 15) is 24.2 Å². The van der Waals surface area contributed by atoms with Crippen molar-refractivity contribution in [2.24, 2.45) is 5.73 Å². The first-order valence-electron chi connectivity index (χ1n) is 6.62. The maximum atomic E-state index is 12.1. The number of carboxylic acids is 2. The van der Waals surface area contributed by atoms with Gasteiger partial charge in [-0.05, 0) is 23.6 Å². The molecule has 0 aromatic heterocycles. The zero-order valence-corrected chi connectivity index (χ0v) is 13.0. The summed E-state index contributed by atoms with van der Waals surface area (Å²) in [5.74, 6) is -4.06. The summed E-state index contributed by atoms with van der Waals surface area (Å²) in [5.41, 5.74) is 5.99. The summed E-state index contributed by atoms with van der Waals surface area (Å²) >= 11 is 0. The second-order valence-electron chi connectivity index (χ2n) is 4.92. The lowest BCUT2D eigenvalue weighted by molar-refractivity contribution is -0.138. The van der Waals surface area contributed by atoms with E-state index in [4.69, 9.17) is 15.9 Å². The molecule has 1 aromatic rings. The summed E-state index contributed by atoms with van der Waals surface area (Å²) < 4.78 is 12.1. The van der Waals surface area contributed by atoms with Crippen LogP contribution in [-0.4, -0.2) is 44.4 Å². The Kier molecular flexibility index (Phi) is 6.65. The number of benzene rings is 1. The van der Waals surface area contributed by atoms with Crippen molar-refractivity contribution in [1.29, 1.82) is 0 Å². The monoisotopic (exact) mass is 343 g/mol. The van der Waals surface area contributed by atoms with E-state index in [1.807, 2.05) is 0 Å². The number of nitrogens with two attached hydrogens (primary N) is 1. The average molecular weight is 343 g/mol. The summed E-state index contributed by atoms with van der Waals surface area (Å²) in [5, 5.41) is 27.2. The number of hydrogen-bond acceptors (Lipinski definition) is 5. The van der Waals surface area contributed by atoms with E-state index in [0.29, 0.717) is 5.56 Å². The van der Waals surface area contributed by atoms with E-state index in [2.05, 4.69) is 0 Å². The Bertz CT molecular complexity index is 641. The molecule has 0 heterocycles. The van der Waals surface area contributed by atoms with Crippen molar-refractivity contribution in [3.63, 3.8) is 0 Å². The van der Waals surface area contributed by atoms with Crippen molar-refractivity contribution < 1.29 is 34.4 Å². The smallest absolute Gasteiger partial charge is 0.328 e. The number of rotatable bonds is 8. The molecule has 9 heteroatoms. The van der Waals surface area contributed by atoms with Crippen LogP contribution in [0.5, 0.6) is 0 Å². The molecule has 1 rings (SSSR count). The lowest BCUT2D eigenvalue weighted by Crippen LogP contribution is -2.31. The van der Waals surface area contributed by atoms with Crippen LogP contribution in [0.4, 0.5) is 0 Å². The Morgan fingerprint density at radius 1 is 1.22 bits per heavy atom. The lowest BCUT2D eigenvalue weighted by Gasteiger charge is -2.19. The Hall–Kier alpha value is -1.99. The SMILES string of the molecule is N[C@@H](CCP(=O)(O)C(O)c1ccc(/C=C/C(=O)O)cc1)C(=O)O. The molecule has 126 valence electrons. The Morgan fingerprint density at radius 2 is 1.78 bits per heavy atom. The molecule has 0 fully saturated rings. The third-order valence-electron chi connectivity index (χ3n) is 3.11. The number of carboxylic acid groups (broad SMARTS) is 2. The van der Waals surface area contributed by atoms with E-state index < -0.39 is 37.4 Å². The van der Waals surface area contributed by atoms with Gasteiger partial charge in [-0.3, -0.25) is 9.36 Å². The summed E-state index contributed by atoms with van der Waals surface area (Å²) in [6, 6.07) is 4.49. The second kappa shape index (κ2) is 8.03. The molecule has 0 saturated heterocycles. The Morgan fingerprint density at radius 3 is 2.26 bits per heavy atom. The quantitative estimate of drug-likeness (QED) is 0.343. The first-order chi connectivity index (χ1) is 10.6. The van der Waals surface area contributed by atoms with E-state index in [1.165, 1.54) is 30.3 Å². The first kappa shape index (κ1) is 19.1. The third-order valence-corrected chi connectivity index (χ3v) is 5.07. The van der Waals surface area contributed by atoms with Crippen molar-refractivity contribution in [3.8, 4) is 0 Å². The number of aliphatic carboxylic acids is 2. The molecular formula is C14H18NO7P. The molecule has 6 N–H and O–H groups in total. The van der Waals surface area contributed by atoms with Gasteiger partial charge in [0.2, 0.25) is 7.37 Å². The summed E-state index contributed by atoms with van der Waals surface area (Å²) in [6.45, 7) is 0. The van der Waals surface area contributed by atoms with Crippen molar-refractivity contribution >= 4 is 25.4 Å². The zero-order valence-electron chi connectivity index (χ0n) is 12.1. The van der Waals surface area contributed by atoms with Gasteiger partial charge in [0.25, 0.3) is 0 Å². The van der Waals surface area contributed by atoms with Crippen molar-refractivity contribution in [2.75, 3.05) is 6.16 Å². The van der Waals surface area contributed by atoms with Gasteiger partial charge in [-0.15, -0.1) is 0 Å². The summed E-state index contributed by atoms with van der Waals surface area (Å²) in [4.78, 5) is 30.9. The molecule has 3 atom stereocenters. The van der Waals surface area contributed by atoms with Gasteiger partial charge in [0, 0.05) is 12.2 Å². The maximum absolute atomic E-state index is 12.1. The Labute approximate surface area is 132 Å². The van der Waals surface area contributed by atoms with Gasteiger partial charge < -0.3 is 25.9 Å². The van der Waals surface area contributed by atoms with Crippen LogP contribution in [0.1, 0.15) is 23.4 Å². The molecule has 2 unspecified atom stereocenters. The van der Waals surface area contributed by atoms with Crippen LogP contribution in [0.2, 0.25) is 0 Å². The number of aliphatic hydroxyl groups excluding tert-OH is 1. The fourth-order valence-electron chi connectivity index (χ4n) is 1.75. The summed E-state index contributed by atoms with van der Waals surface area (Å²) in [6.07, 6.45) is 1.61. The standard InChI is InChI=1S/C14H18NO7P/c15-11(13(18)19)7-8-23(21,22)14(20)10-4-1-9(2-5-10)3-6-12(16)17/h1-6,11,14,20H,7-8,15H2,(H,16,17)(H,18,19)(H,21,22)/b6-3+/t11-,14?/m0/s1. The third kappa shape index (κ3) is 5.96. The van der Waals surface area contributed by atoms with Crippen LogP contribution in [-0.2, 0) is 14.2 Å². The van der Waals surface area contributed by atoms with Crippen LogP contribution in [0, 0.1) is 0 Å². The highest BCUT2D eigenvalue weighted by Gasteiger charge is 2.31. The van der Waals surface area contributed by atoms with Gasteiger partial charge in [-0.25, -0.2) is 4.79 Å². The molecule has 0 aliphatic carbocycles. The Balaban J connectivity index is 2.79. The zero-order chi connectivity index (χ0) is 17.6. The van der Waals surface area contributed by atoms with Crippen LogP contribution < -0.4 is 5.73 Å². The molecule has 0 bridgehead atoms. The van der Waals surface area contributed by atoms with Gasteiger partial charge >= 0.3 is 11.9 Å². The molecule has 0 radical (unpaired) electrons. The number of carbonyl (C=O) groups is 2. The maximum Gasteiger partial charge on any atom is 0.328 e. The minimum Gasteiger partial charge on any atom is -0.480 e. The molecule has 1 aromatic carbocycles. The predicted molar refractivity (Wildman–Crippen MR) is 83.0 cm³/mol. The highest BCUT2D eigenvalue weighted by molar-refractivity contribution is 7.58. The second-order valence-corrected chi connectivity index (χ2v) is 7.37. The molecule has 0 aliphatic rings. The van der Waals surface area contributed by atoms with Crippen molar-refractivity contribution in [3.05, 3.63) is 41.5 Å². The number of aliphatic hydroxyl groups is 1. The topological polar surface area (TPSA) is 158 Å². The van der Waals surface area contributed by atoms with Gasteiger partial charge in [0.1, 0.15) is 6.04 Å². The minimum absolute atomic E-state index is 0.173. The van der Waals surface area contributed by atoms with Gasteiger partial charge in [-0.1, -0.05) is 24.3 Å². The molecular weight excluding hydrogens is 325 g/mol. The van der Waals surface area contributed by atoms with E-state index >= 15 is 0 Å². The van der Waals surface area contributed by atoms with E-state index in [0.717, 1.165) is 6.08 Å². The molecule has 0 spiro atoms. The van der Waals surface area contributed by atoms with Gasteiger partial charge in [0.05, 0.1) is 0 Å². The highest BCUT2D eigenvalue weighted by Crippen LogP contribution is 2.54. The molecule has 0 amide bonds. The van der Waals surface area contributed by atoms with Crippen LogP contribution in [0.25, 0.3) is 6.08 Å². The summed E-state index contributed by atoms with van der Waals surface area (Å²) in [7, 11) is -4.05. The lowest BCUT2D eigenvalue weighted by atomic mass is 10.1. The molecule has 8 nitrogen and oxygen atoms in total. The fourth-order valence-corrected chi connectivity index (χ4v) is 3.28. The molecule has 0 aliphatic heterocycles. The van der Waals surface area contributed by atoms with Crippen molar-refractivity contribution in [1.82, 2.24) is 0 Å². The highest BCUT2D eigenvalue weighted by atomic mass is 31.2. The van der Waals surface area contributed by atoms with Crippen LogP contribution in [0.3, 0.4) is 0 Å².